The third-order valence-electron chi connectivity index (χ3n) is 9.62. The molecule has 1 aliphatic rings. The summed E-state index contributed by atoms with van der Waals surface area (Å²) in [6.45, 7) is 10.7. The van der Waals surface area contributed by atoms with E-state index in [1.165, 1.54) is 64.2 Å². The zero-order valence-corrected chi connectivity index (χ0v) is 37.5. The van der Waals surface area contributed by atoms with E-state index in [4.69, 9.17) is 18.9 Å². The molecule has 0 saturated carbocycles. The van der Waals surface area contributed by atoms with Crippen molar-refractivity contribution in [2.24, 2.45) is 0 Å². The highest BCUT2D eigenvalue weighted by Gasteiger charge is 2.15. The quantitative estimate of drug-likeness (QED) is 0.0213. The molecule has 0 atom stereocenters. The van der Waals surface area contributed by atoms with Gasteiger partial charge in [0.1, 0.15) is 13.2 Å². The fourth-order valence-corrected chi connectivity index (χ4v) is 7.91. The third kappa shape index (κ3) is 35.3. The maximum Gasteiger partial charge on any atom is 0.409 e. The number of carbonyl (C=O) groups is 4. The van der Waals surface area contributed by atoms with Crippen LogP contribution < -0.4 is 5.32 Å². The van der Waals surface area contributed by atoms with Gasteiger partial charge in [0.2, 0.25) is 0 Å². The Morgan fingerprint density at radius 2 is 1.07 bits per heavy atom. The predicted octanol–water partition coefficient (Wildman–Crippen LogP) is 10.7. The molecule has 2 amide bonds. The summed E-state index contributed by atoms with van der Waals surface area (Å²) < 4.78 is 21.6. The lowest BCUT2D eigenvalue weighted by Gasteiger charge is -2.22. The van der Waals surface area contributed by atoms with Crippen LogP contribution >= 0.6 is 21.6 Å². The molecule has 0 aromatic rings. The number of esters is 2. The molecule has 330 valence electrons. The molecule has 0 bridgehead atoms. The van der Waals surface area contributed by atoms with E-state index in [9.17, 15) is 19.2 Å². The summed E-state index contributed by atoms with van der Waals surface area (Å²) in [5.41, 5.74) is 0. The predicted molar refractivity (Wildman–Crippen MR) is 237 cm³/mol. The van der Waals surface area contributed by atoms with Crippen molar-refractivity contribution < 1.29 is 38.1 Å². The number of unbranched alkanes of at least 4 members (excludes halogenated alkanes) is 14. The molecule has 1 aliphatic heterocycles. The lowest BCUT2D eigenvalue weighted by molar-refractivity contribution is -0.138. The molecule has 1 N–H and O–H groups in total. The van der Waals surface area contributed by atoms with E-state index in [1.807, 2.05) is 12.2 Å². The standard InChI is InChI=1S/C44H79N3O8S2/c1-3-5-7-9-11-19-27-41(48)52-35-25-17-15-23-32-47(33-24-16-18-26-36-53-42(49)28-20-12-10-8-6-4-2)44(51)55-38-40-57-56-39-37-54-43(50)45-29-34-46-30-21-13-14-22-31-46/h19-20,27-28H,3-18,21-26,29-40H2,1-2H3,(H,45,50)/b27-19-,28-20-. The number of hydrogen-bond donors (Lipinski definition) is 1. The Kier molecular flexibility index (Phi) is 37.3. The number of nitrogens with one attached hydrogen (secondary N) is 1. The molecule has 1 heterocycles. The van der Waals surface area contributed by atoms with Gasteiger partial charge >= 0.3 is 24.1 Å². The van der Waals surface area contributed by atoms with Crippen LogP contribution in [0.15, 0.2) is 24.3 Å². The first-order valence-corrected chi connectivity index (χ1v) is 24.9. The third-order valence-corrected chi connectivity index (χ3v) is 12.0. The van der Waals surface area contributed by atoms with Crippen molar-refractivity contribution in [2.75, 3.05) is 77.2 Å². The number of hydrogen-bond acceptors (Lipinski definition) is 11. The van der Waals surface area contributed by atoms with Gasteiger partial charge in [0.05, 0.1) is 13.2 Å². The fraction of sp³-hybridized carbons (Fsp3) is 0.818. The Morgan fingerprint density at radius 3 is 1.60 bits per heavy atom. The van der Waals surface area contributed by atoms with Gasteiger partial charge in [-0.3, -0.25) is 0 Å². The van der Waals surface area contributed by atoms with Crippen LogP contribution in [0.4, 0.5) is 9.59 Å². The summed E-state index contributed by atoms with van der Waals surface area (Å²) in [6.07, 6.45) is 29.5. The van der Waals surface area contributed by atoms with Gasteiger partial charge in [-0.05, 0) is 90.1 Å². The van der Waals surface area contributed by atoms with Crippen LogP contribution in [0.1, 0.15) is 155 Å². The first-order chi connectivity index (χ1) is 28.0. The second-order valence-corrected chi connectivity index (χ2v) is 17.4. The molecule has 57 heavy (non-hydrogen) atoms. The summed E-state index contributed by atoms with van der Waals surface area (Å²) in [4.78, 5) is 53.1. The molecule has 0 aliphatic carbocycles. The smallest absolute Gasteiger partial charge is 0.409 e. The second kappa shape index (κ2) is 40.4. The number of alkyl carbamates (subject to hydrolysis) is 1. The fourth-order valence-electron chi connectivity index (χ4n) is 6.26. The molecule has 0 aromatic carbocycles. The van der Waals surface area contributed by atoms with Gasteiger partial charge in [0.25, 0.3) is 0 Å². The number of allylic oxidation sites excluding steroid dienone is 2. The first-order valence-electron chi connectivity index (χ1n) is 22.4. The Labute approximate surface area is 354 Å². The van der Waals surface area contributed by atoms with Crippen LogP contribution in [-0.2, 0) is 28.5 Å². The van der Waals surface area contributed by atoms with Crippen molar-refractivity contribution in [3.8, 4) is 0 Å². The Balaban J connectivity index is 2.28. The molecule has 11 nitrogen and oxygen atoms in total. The van der Waals surface area contributed by atoms with Crippen molar-refractivity contribution in [3.05, 3.63) is 24.3 Å². The summed E-state index contributed by atoms with van der Waals surface area (Å²) in [7, 11) is 3.19. The molecular formula is C44H79N3O8S2. The van der Waals surface area contributed by atoms with Gasteiger partial charge in [-0.1, -0.05) is 112 Å². The average Bonchev–Trinajstić information content (AvgIpc) is 3.48. The lowest BCUT2D eigenvalue weighted by Crippen LogP contribution is -2.35. The van der Waals surface area contributed by atoms with Gasteiger partial charge in [0.15, 0.2) is 0 Å². The van der Waals surface area contributed by atoms with Crippen molar-refractivity contribution in [2.45, 2.75) is 155 Å². The monoisotopic (exact) mass is 842 g/mol. The molecule has 0 spiro atoms. The number of rotatable bonds is 36. The number of amides is 2. The van der Waals surface area contributed by atoms with Crippen molar-refractivity contribution in [1.29, 1.82) is 0 Å². The topological polar surface area (TPSA) is 124 Å². The zero-order chi connectivity index (χ0) is 41.3. The zero-order valence-electron chi connectivity index (χ0n) is 35.8. The van der Waals surface area contributed by atoms with Crippen molar-refractivity contribution >= 4 is 45.7 Å². The van der Waals surface area contributed by atoms with E-state index < -0.39 is 0 Å². The summed E-state index contributed by atoms with van der Waals surface area (Å²) in [6, 6.07) is 0. The van der Waals surface area contributed by atoms with E-state index in [1.54, 1.807) is 38.6 Å². The SMILES string of the molecule is CCCCCC/C=C\C(=O)OCCCCCCN(CCCCCCOC(=O)/C=C\CCCCCC)C(=O)OCCSSCCOC(=O)NCCN1CCCCCC1. The van der Waals surface area contributed by atoms with Gasteiger partial charge < -0.3 is 34.1 Å². The molecule has 0 radical (unpaired) electrons. The number of carbonyl (C=O) groups excluding carboxylic acids is 4. The van der Waals surface area contributed by atoms with Crippen molar-refractivity contribution in [3.63, 3.8) is 0 Å². The van der Waals surface area contributed by atoms with Crippen LogP contribution in [0.2, 0.25) is 0 Å². The summed E-state index contributed by atoms with van der Waals surface area (Å²) in [5.74, 6) is 0.758. The van der Waals surface area contributed by atoms with E-state index in [0.29, 0.717) is 57.6 Å². The van der Waals surface area contributed by atoms with Gasteiger partial charge in [-0.15, -0.1) is 0 Å². The number of nitrogens with zero attached hydrogens (tertiary/aromatic N) is 2. The molecule has 0 aromatic heterocycles. The lowest BCUT2D eigenvalue weighted by atomic mass is 10.1. The molecule has 13 heteroatoms. The highest BCUT2D eigenvalue weighted by atomic mass is 33.1. The largest absolute Gasteiger partial charge is 0.463 e. The second-order valence-electron chi connectivity index (χ2n) is 14.7. The first kappa shape index (κ1) is 52.6. The molecular weight excluding hydrogens is 763 g/mol. The summed E-state index contributed by atoms with van der Waals surface area (Å²) >= 11 is 0. The van der Waals surface area contributed by atoms with E-state index >= 15 is 0 Å². The number of ether oxygens (including phenoxy) is 4. The van der Waals surface area contributed by atoms with Gasteiger partial charge in [-0.2, -0.15) is 0 Å². The highest BCUT2D eigenvalue weighted by molar-refractivity contribution is 8.76. The minimum atomic E-state index is -0.372. The number of likely N-dealkylation sites (tertiary alicyclic amines) is 1. The molecule has 0 unspecified atom stereocenters. The highest BCUT2D eigenvalue weighted by Crippen LogP contribution is 2.20. The minimum absolute atomic E-state index is 0.274. The normalized spacial score (nSPS) is 13.4. The average molecular weight is 842 g/mol. The van der Waals surface area contributed by atoms with Gasteiger partial charge in [0, 0.05) is 49.8 Å². The van der Waals surface area contributed by atoms with Crippen LogP contribution in [0.25, 0.3) is 0 Å². The van der Waals surface area contributed by atoms with E-state index in [0.717, 1.165) is 96.7 Å². The van der Waals surface area contributed by atoms with Crippen molar-refractivity contribution in [1.82, 2.24) is 15.1 Å². The van der Waals surface area contributed by atoms with Crippen LogP contribution in [-0.4, -0.2) is 111 Å². The van der Waals surface area contributed by atoms with Gasteiger partial charge in [-0.25, -0.2) is 19.2 Å². The van der Waals surface area contributed by atoms with Crippen LogP contribution in [0, 0.1) is 0 Å². The molecule has 1 saturated heterocycles. The maximum absolute atomic E-state index is 13.1. The Morgan fingerprint density at radius 1 is 0.579 bits per heavy atom. The molecule has 1 fully saturated rings. The van der Waals surface area contributed by atoms with E-state index in [2.05, 4.69) is 24.1 Å². The molecule has 1 rings (SSSR count). The van der Waals surface area contributed by atoms with Crippen LogP contribution in [0.5, 0.6) is 0 Å². The Hall–Kier alpha value is -2.38. The van der Waals surface area contributed by atoms with Crippen LogP contribution in [0.3, 0.4) is 0 Å². The Bertz CT molecular complexity index is 1010. The summed E-state index contributed by atoms with van der Waals surface area (Å²) in [5, 5.41) is 2.85. The van der Waals surface area contributed by atoms with E-state index in [-0.39, 0.29) is 24.1 Å². The maximum atomic E-state index is 13.1. The minimum Gasteiger partial charge on any atom is -0.463 e.